The van der Waals surface area contributed by atoms with Gasteiger partial charge >= 0.3 is 0 Å². The molecular weight excluding hydrogens is 246 g/mol. The van der Waals surface area contributed by atoms with E-state index in [4.69, 9.17) is 0 Å². The van der Waals surface area contributed by atoms with Crippen LogP contribution in [0.5, 0.6) is 0 Å². The molecule has 20 heavy (non-hydrogen) atoms. The van der Waals surface area contributed by atoms with Gasteiger partial charge < -0.3 is 0 Å². The maximum Gasteiger partial charge on any atom is 0.132 e. The molecule has 2 aliphatic carbocycles. The van der Waals surface area contributed by atoms with Crippen LogP contribution in [0.1, 0.15) is 90.4 Å². The molecule has 0 aromatic carbocycles. The Morgan fingerprint density at radius 2 is 1.40 bits per heavy atom. The minimum Gasteiger partial charge on any atom is -0.300 e. The van der Waals surface area contributed by atoms with Crippen molar-refractivity contribution in [1.29, 1.82) is 0 Å². The molecule has 0 spiro atoms. The molecule has 0 amide bonds. The number of ketones is 1. The quantitative estimate of drug-likeness (QED) is 0.672. The van der Waals surface area contributed by atoms with Gasteiger partial charge in [0.1, 0.15) is 5.78 Å². The Labute approximate surface area is 125 Å². The van der Waals surface area contributed by atoms with Crippen molar-refractivity contribution >= 4 is 5.78 Å². The topological polar surface area (TPSA) is 20.3 Å². The minimum absolute atomic E-state index is 0.442. The first-order valence-corrected chi connectivity index (χ1v) is 9.08. The van der Waals surface area contributed by atoms with Crippen molar-refractivity contribution in [2.24, 2.45) is 0 Å². The van der Waals surface area contributed by atoms with E-state index in [1.165, 1.54) is 70.8 Å². The highest BCUT2D eigenvalue weighted by Crippen LogP contribution is 2.30. The molecule has 2 aliphatic rings. The van der Waals surface area contributed by atoms with Crippen LogP contribution in [-0.4, -0.2) is 29.3 Å². The Morgan fingerprint density at radius 1 is 0.900 bits per heavy atom. The number of hydrogen-bond donors (Lipinski definition) is 0. The minimum atomic E-state index is 0.442. The second-order valence-electron chi connectivity index (χ2n) is 6.82. The van der Waals surface area contributed by atoms with Crippen LogP contribution < -0.4 is 0 Å². The standard InChI is InChI=1S/C18H33NO/c1-2-18(20)14-9-15-19(16-10-5-3-6-11-16)17-12-7-4-8-13-17/h16-17H,2-15H2,1H3. The number of rotatable bonds is 7. The van der Waals surface area contributed by atoms with Crippen LogP contribution in [0, 0.1) is 0 Å². The summed E-state index contributed by atoms with van der Waals surface area (Å²) in [6.45, 7) is 3.16. The average Bonchev–Trinajstić information content (AvgIpc) is 2.53. The van der Waals surface area contributed by atoms with Crippen LogP contribution in [0.15, 0.2) is 0 Å². The lowest BCUT2D eigenvalue weighted by molar-refractivity contribution is -0.119. The van der Waals surface area contributed by atoms with Gasteiger partial charge in [0.15, 0.2) is 0 Å². The summed E-state index contributed by atoms with van der Waals surface area (Å²) in [5.41, 5.74) is 0. The summed E-state index contributed by atoms with van der Waals surface area (Å²) in [4.78, 5) is 14.3. The predicted molar refractivity (Wildman–Crippen MR) is 85.0 cm³/mol. The lowest BCUT2D eigenvalue weighted by atomic mass is 9.88. The number of nitrogens with zero attached hydrogens (tertiary/aromatic N) is 1. The van der Waals surface area contributed by atoms with Gasteiger partial charge in [0.25, 0.3) is 0 Å². The van der Waals surface area contributed by atoms with E-state index in [-0.39, 0.29) is 0 Å². The lowest BCUT2D eigenvalue weighted by Gasteiger charge is -2.41. The van der Waals surface area contributed by atoms with Crippen molar-refractivity contribution < 1.29 is 4.79 Å². The zero-order valence-corrected chi connectivity index (χ0v) is 13.4. The Balaban J connectivity index is 1.86. The molecule has 2 saturated carbocycles. The fraction of sp³-hybridized carbons (Fsp3) is 0.944. The van der Waals surface area contributed by atoms with Crippen LogP contribution >= 0.6 is 0 Å². The molecule has 0 radical (unpaired) electrons. The summed E-state index contributed by atoms with van der Waals surface area (Å²) in [5, 5.41) is 0. The van der Waals surface area contributed by atoms with Gasteiger partial charge in [0.05, 0.1) is 0 Å². The lowest BCUT2D eigenvalue weighted by Crippen LogP contribution is -2.45. The highest BCUT2D eigenvalue weighted by molar-refractivity contribution is 5.77. The first kappa shape index (κ1) is 16.0. The number of hydrogen-bond acceptors (Lipinski definition) is 2. The molecule has 2 heteroatoms. The van der Waals surface area contributed by atoms with E-state index in [9.17, 15) is 4.79 Å². The smallest absolute Gasteiger partial charge is 0.132 e. The third-order valence-electron chi connectivity index (χ3n) is 5.35. The van der Waals surface area contributed by atoms with Crippen LogP contribution in [0.2, 0.25) is 0 Å². The molecular formula is C18H33NO. The highest BCUT2D eigenvalue weighted by atomic mass is 16.1. The van der Waals surface area contributed by atoms with Crippen molar-refractivity contribution in [2.45, 2.75) is 102 Å². The molecule has 0 N–H and O–H groups in total. The Kier molecular flexibility index (Phi) is 7.06. The maximum atomic E-state index is 11.5. The maximum absolute atomic E-state index is 11.5. The summed E-state index contributed by atoms with van der Waals surface area (Å²) in [7, 11) is 0. The van der Waals surface area contributed by atoms with E-state index in [0.717, 1.165) is 24.9 Å². The van der Waals surface area contributed by atoms with Crippen LogP contribution in [0.3, 0.4) is 0 Å². The van der Waals surface area contributed by atoms with E-state index in [1.54, 1.807) is 0 Å². The van der Waals surface area contributed by atoms with Crippen LogP contribution in [0.25, 0.3) is 0 Å². The SMILES string of the molecule is CCC(=O)CCCN(C1CCCCC1)C1CCCCC1. The van der Waals surface area contributed by atoms with E-state index < -0.39 is 0 Å². The summed E-state index contributed by atoms with van der Waals surface area (Å²) >= 11 is 0. The summed E-state index contributed by atoms with van der Waals surface area (Å²) in [6, 6.07) is 1.65. The van der Waals surface area contributed by atoms with Gasteiger partial charge in [-0.2, -0.15) is 0 Å². The molecule has 0 aromatic rings. The monoisotopic (exact) mass is 279 g/mol. The number of Topliss-reactive ketones (excluding diaryl/α,β-unsaturated/α-hetero) is 1. The molecule has 116 valence electrons. The second kappa shape index (κ2) is 8.81. The largest absolute Gasteiger partial charge is 0.300 e. The van der Waals surface area contributed by atoms with E-state index >= 15 is 0 Å². The average molecular weight is 279 g/mol. The fourth-order valence-electron chi connectivity index (χ4n) is 4.12. The molecule has 0 aromatic heterocycles. The van der Waals surface area contributed by atoms with Gasteiger partial charge in [-0.15, -0.1) is 0 Å². The first-order chi connectivity index (χ1) is 9.81. The molecule has 2 nitrogen and oxygen atoms in total. The van der Waals surface area contributed by atoms with E-state index in [1.807, 2.05) is 6.92 Å². The fourth-order valence-corrected chi connectivity index (χ4v) is 4.12. The molecule has 0 unspecified atom stereocenters. The second-order valence-corrected chi connectivity index (χ2v) is 6.82. The van der Waals surface area contributed by atoms with Gasteiger partial charge in [-0.1, -0.05) is 45.4 Å². The molecule has 0 heterocycles. The van der Waals surface area contributed by atoms with E-state index in [0.29, 0.717) is 12.2 Å². The van der Waals surface area contributed by atoms with Crippen molar-refractivity contribution in [3.05, 3.63) is 0 Å². The molecule has 2 fully saturated rings. The predicted octanol–water partition coefficient (Wildman–Crippen LogP) is 4.71. The highest BCUT2D eigenvalue weighted by Gasteiger charge is 2.28. The normalized spacial score (nSPS) is 22.3. The van der Waals surface area contributed by atoms with Crippen molar-refractivity contribution in [1.82, 2.24) is 4.90 Å². The summed E-state index contributed by atoms with van der Waals surface area (Å²) in [5.74, 6) is 0.442. The first-order valence-electron chi connectivity index (χ1n) is 9.08. The zero-order chi connectivity index (χ0) is 14.2. The molecule has 0 bridgehead atoms. The Hall–Kier alpha value is -0.370. The van der Waals surface area contributed by atoms with Crippen molar-refractivity contribution in [3.8, 4) is 0 Å². The zero-order valence-electron chi connectivity index (χ0n) is 13.4. The van der Waals surface area contributed by atoms with Gasteiger partial charge in [0.2, 0.25) is 0 Å². The Bertz CT molecular complexity index is 259. The van der Waals surface area contributed by atoms with Crippen molar-refractivity contribution in [3.63, 3.8) is 0 Å². The molecule has 2 rings (SSSR count). The third-order valence-corrected chi connectivity index (χ3v) is 5.35. The van der Waals surface area contributed by atoms with Gasteiger partial charge in [-0.05, 0) is 38.6 Å². The van der Waals surface area contributed by atoms with Gasteiger partial charge in [-0.3, -0.25) is 9.69 Å². The van der Waals surface area contributed by atoms with Gasteiger partial charge in [-0.25, -0.2) is 0 Å². The number of carbonyl (C=O) groups is 1. The molecule has 0 saturated heterocycles. The van der Waals surface area contributed by atoms with Gasteiger partial charge in [0, 0.05) is 24.9 Å². The van der Waals surface area contributed by atoms with Crippen LogP contribution in [0.4, 0.5) is 0 Å². The summed E-state index contributed by atoms with van der Waals surface area (Å²) < 4.78 is 0. The molecule has 0 aliphatic heterocycles. The third kappa shape index (κ3) is 4.87. The molecule has 0 atom stereocenters. The summed E-state index contributed by atoms with van der Waals surface area (Å²) in [6.07, 6.45) is 16.7. The Morgan fingerprint density at radius 3 is 1.85 bits per heavy atom. The van der Waals surface area contributed by atoms with Crippen LogP contribution in [-0.2, 0) is 4.79 Å². The number of carbonyl (C=O) groups excluding carboxylic acids is 1. The van der Waals surface area contributed by atoms with Crippen molar-refractivity contribution in [2.75, 3.05) is 6.54 Å². The van der Waals surface area contributed by atoms with E-state index in [2.05, 4.69) is 4.90 Å².